The van der Waals surface area contributed by atoms with Gasteiger partial charge in [-0.15, -0.1) is 0 Å². The summed E-state index contributed by atoms with van der Waals surface area (Å²) in [6, 6.07) is 2.04. The van der Waals surface area contributed by atoms with Gasteiger partial charge in [0, 0.05) is 19.7 Å². The van der Waals surface area contributed by atoms with Gasteiger partial charge in [-0.25, -0.2) is 13.2 Å². The van der Waals surface area contributed by atoms with Gasteiger partial charge in [0.25, 0.3) is 10.0 Å². The summed E-state index contributed by atoms with van der Waals surface area (Å²) in [7, 11) is -2.39. The van der Waals surface area contributed by atoms with Crippen molar-refractivity contribution in [2.75, 3.05) is 20.3 Å². The molecule has 1 aromatic heterocycles. The van der Waals surface area contributed by atoms with E-state index < -0.39 is 21.8 Å². The number of rotatable bonds is 8. The Morgan fingerprint density at radius 3 is 2.60 bits per heavy atom. The van der Waals surface area contributed by atoms with Crippen molar-refractivity contribution in [3.05, 3.63) is 17.9 Å². The smallest absolute Gasteiger partial charge is 0.371 e. The fourth-order valence-corrected chi connectivity index (χ4v) is 3.26. The second-order valence-corrected chi connectivity index (χ2v) is 6.11. The summed E-state index contributed by atoms with van der Waals surface area (Å²) in [5.41, 5.74) is 0. The minimum Gasteiger partial charge on any atom is -0.475 e. The van der Waals surface area contributed by atoms with Crippen LogP contribution in [0, 0.1) is 0 Å². The first-order valence-electron chi connectivity index (χ1n) is 6.18. The van der Waals surface area contributed by atoms with Crippen molar-refractivity contribution in [3.8, 4) is 0 Å². The molecule has 20 heavy (non-hydrogen) atoms. The fraction of sp³-hybridized carbons (Fsp3) is 0.583. The van der Waals surface area contributed by atoms with E-state index in [0.29, 0.717) is 6.42 Å². The summed E-state index contributed by atoms with van der Waals surface area (Å²) in [4.78, 5) is 10.8. The molecule has 1 unspecified atom stereocenters. The number of carbonyl (C=O) groups is 1. The Hall–Kier alpha value is -1.38. The molecule has 1 atom stereocenters. The number of furan rings is 1. The van der Waals surface area contributed by atoms with E-state index in [2.05, 4.69) is 0 Å². The van der Waals surface area contributed by atoms with Crippen LogP contribution in [-0.2, 0) is 14.8 Å². The van der Waals surface area contributed by atoms with Gasteiger partial charge in [0.15, 0.2) is 0 Å². The normalized spacial score (nSPS) is 13.6. The molecule has 1 aromatic rings. The standard InChI is InChI=1S/C12H19NO6S/c1-4-9(2)13(7-8-18-3)20(16,17)11-6-5-10(19-11)12(14)15/h5-6,9H,4,7-8H2,1-3H3,(H,14,15). The van der Waals surface area contributed by atoms with Crippen molar-refractivity contribution in [1.82, 2.24) is 4.31 Å². The lowest BCUT2D eigenvalue weighted by atomic mass is 10.3. The Labute approximate surface area is 118 Å². The molecule has 1 N–H and O–H groups in total. The van der Waals surface area contributed by atoms with Crippen LogP contribution in [0.15, 0.2) is 21.6 Å². The summed E-state index contributed by atoms with van der Waals surface area (Å²) < 4.78 is 36.0. The highest BCUT2D eigenvalue weighted by molar-refractivity contribution is 7.89. The predicted molar refractivity (Wildman–Crippen MR) is 71.2 cm³/mol. The SMILES string of the molecule is CCC(C)N(CCOC)S(=O)(=O)c1ccc(C(=O)O)o1. The lowest BCUT2D eigenvalue weighted by Gasteiger charge is -2.26. The third-order valence-electron chi connectivity index (χ3n) is 2.95. The highest BCUT2D eigenvalue weighted by Gasteiger charge is 2.31. The summed E-state index contributed by atoms with van der Waals surface area (Å²) >= 11 is 0. The van der Waals surface area contributed by atoms with Gasteiger partial charge in [-0.05, 0) is 25.5 Å². The molecule has 0 saturated carbocycles. The van der Waals surface area contributed by atoms with E-state index in [9.17, 15) is 13.2 Å². The molecule has 0 fully saturated rings. The van der Waals surface area contributed by atoms with Crippen LogP contribution in [0.5, 0.6) is 0 Å². The number of hydrogen-bond donors (Lipinski definition) is 1. The second-order valence-electron chi connectivity index (χ2n) is 4.29. The van der Waals surface area contributed by atoms with Gasteiger partial charge in [0.2, 0.25) is 10.9 Å². The molecule has 7 nitrogen and oxygen atoms in total. The van der Waals surface area contributed by atoms with Gasteiger partial charge >= 0.3 is 5.97 Å². The van der Waals surface area contributed by atoms with E-state index in [1.54, 1.807) is 6.92 Å². The fourth-order valence-electron chi connectivity index (χ4n) is 1.65. The largest absolute Gasteiger partial charge is 0.475 e. The number of carboxylic acid groups (broad SMARTS) is 1. The van der Waals surface area contributed by atoms with E-state index in [0.717, 1.165) is 12.1 Å². The lowest BCUT2D eigenvalue weighted by molar-refractivity contribution is 0.0656. The molecule has 0 aromatic carbocycles. The van der Waals surface area contributed by atoms with E-state index >= 15 is 0 Å². The zero-order valence-electron chi connectivity index (χ0n) is 11.7. The molecular formula is C12H19NO6S. The Morgan fingerprint density at radius 2 is 2.15 bits per heavy atom. The number of methoxy groups -OCH3 is 1. The lowest BCUT2D eigenvalue weighted by Crippen LogP contribution is -2.40. The second kappa shape index (κ2) is 6.87. The number of ether oxygens (including phenoxy) is 1. The summed E-state index contributed by atoms with van der Waals surface area (Å²) in [5, 5.41) is 8.41. The summed E-state index contributed by atoms with van der Waals surface area (Å²) in [6.45, 7) is 4.06. The van der Waals surface area contributed by atoms with Crippen LogP contribution in [0.2, 0.25) is 0 Å². The summed E-state index contributed by atoms with van der Waals surface area (Å²) in [6.07, 6.45) is 0.620. The Morgan fingerprint density at radius 1 is 1.50 bits per heavy atom. The first-order valence-corrected chi connectivity index (χ1v) is 7.62. The van der Waals surface area contributed by atoms with Crippen LogP contribution < -0.4 is 0 Å². The molecule has 0 amide bonds. The molecule has 1 heterocycles. The quantitative estimate of drug-likeness (QED) is 0.780. The van der Waals surface area contributed by atoms with Crippen molar-refractivity contribution in [2.24, 2.45) is 0 Å². The molecule has 8 heteroatoms. The minimum atomic E-state index is -3.87. The van der Waals surface area contributed by atoms with Crippen molar-refractivity contribution >= 4 is 16.0 Å². The first-order chi connectivity index (χ1) is 9.34. The maximum Gasteiger partial charge on any atom is 0.371 e. The van der Waals surface area contributed by atoms with Gasteiger partial charge in [0.1, 0.15) is 0 Å². The number of hydrogen-bond acceptors (Lipinski definition) is 5. The van der Waals surface area contributed by atoms with Crippen LogP contribution in [0.4, 0.5) is 0 Å². The maximum atomic E-state index is 12.5. The molecule has 0 saturated heterocycles. The zero-order chi connectivity index (χ0) is 15.3. The van der Waals surface area contributed by atoms with E-state index in [1.165, 1.54) is 11.4 Å². The van der Waals surface area contributed by atoms with Gasteiger partial charge < -0.3 is 14.3 Å². The van der Waals surface area contributed by atoms with Gasteiger partial charge in [-0.2, -0.15) is 4.31 Å². The first kappa shape index (κ1) is 16.7. The molecule has 0 aliphatic rings. The molecule has 0 bridgehead atoms. The maximum absolute atomic E-state index is 12.5. The van der Waals surface area contributed by atoms with Crippen LogP contribution in [0.25, 0.3) is 0 Å². The van der Waals surface area contributed by atoms with E-state index in [-0.39, 0.29) is 24.3 Å². The molecule has 0 radical (unpaired) electrons. The topological polar surface area (TPSA) is 97.0 Å². The Bertz CT molecular complexity index is 550. The van der Waals surface area contributed by atoms with E-state index in [4.69, 9.17) is 14.3 Å². The van der Waals surface area contributed by atoms with Crippen molar-refractivity contribution < 1.29 is 27.5 Å². The zero-order valence-corrected chi connectivity index (χ0v) is 12.5. The van der Waals surface area contributed by atoms with Crippen molar-refractivity contribution in [3.63, 3.8) is 0 Å². The predicted octanol–water partition coefficient (Wildman–Crippen LogP) is 1.41. The highest BCUT2D eigenvalue weighted by Crippen LogP contribution is 2.21. The van der Waals surface area contributed by atoms with Crippen LogP contribution in [0.3, 0.4) is 0 Å². The van der Waals surface area contributed by atoms with Crippen molar-refractivity contribution in [2.45, 2.75) is 31.4 Å². The van der Waals surface area contributed by atoms with Gasteiger partial charge in [-0.3, -0.25) is 0 Å². The van der Waals surface area contributed by atoms with Crippen LogP contribution >= 0.6 is 0 Å². The molecule has 0 aliphatic carbocycles. The monoisotopic (exact) mass is 305 g/mol. The Kier molecular flexibility index (Phi) is 5.73. The summed E-state index contributed by atoms with van der Waals surface area (Å²) in [5.74, 6) is -1.71. The van der Waals surface area contributed by atoms with E-state index in [1.807, 2.05) is 6.92 Å². The Balaban J connectivity index is 3.10. The molecule has 114 valence electrons. The van der Waals surface area contributed by atoms with Gasteiger partial charge in [0.05, 0.1) is 6.61 Å². The molecular weight excluding hydrogens is 286 g/mol. The highest BCUT2D eigenvalue weighted by atomic mass is 32.2. The minimum absolute atomic E-state index is 0.178. The third-order valence-corrected chi connectivity index (χ3v) is 4.84. The third kappa shape index (κ3) is 3.59. The molecule has 0 spiro atoms. The van der Waals surface area contributed by atoms with Gasteiger partial charge in [-0.1, -0.05) is 6.92 Å². The number of sulfonamides is 1. The average molecular weight is 305 g/mol. The number of carboxylic acids is 1. The molecule has 1 rings (SSSR count). The number of aromatic carboxylic acids is 1. The molecule has 0 aliphatic heterocycles. The van der Waals surface area contributed by atoms with Crippen LogP contribution in [0.1, 0.15) is 30.8 Å². The van der Waals surface area contributed by atoms with Crippen LogP contribution in [-0.4, -0.2) is 50.1 Å². The van der Waals surface area contributed by atoms with Crippen molar-refractivity contribution in [1.29, 1.82) is 0 Å². The number of nitrogens with zero attached hydrogens (tertiary/aromatic N) is 1. The average Bonchev–Trinajstić information content (AvgIpc) is 2.89.